The summed E-state index contributed by atoms with van der Waals surface area (Å²) in [5, 5.41) is 9.16. The van der Waals surface area contributed by atoms with Crippen LogP contribution >= 0.6 is 0 Å². The first kappa shape index (κ1) is 12.4. The molecule has 96 valence electrons. The third-order valence-corrected chi connectivity index (χ3v) is 2.71. The van der Waals surface area contributed by atoms with E-state index in [1.165, 1.54) is 7.11 Å². The molecule has 6 nitrogen and oxygen atoms in total. The summed E-state index contributed by atoms with van der Waals surface area (Å²) >= 11 is 0. The summed E-state index contributed by atoms with van der Waals surface area (Å²) in [7, 11) is 1.53. The molecule has 0 fully saturated rings. The summed E-state index contributed by atoms with van der Waals surface area (Å²) in [6, 6.07) is 5.71. The number of amides is 1. The molecule has 0 aliphatic heterocycles. The van der Waals surface area contributed by atoms with Gasteiger partial charge in [-0.1, -0.05) is 12.1 Å². The number of anilines is 1. The molecule has 0 aliphatic carbocycles. The number of benzene rings is 1. The second kappa shape index (κ2) is 5.05. The summed E-state index contributed by atoms with van der Waals surface area (Å²) < 4.78 is 4.90. The topological polar surface area (TPSA) is 78.4 Å². The lowest BCUT2D eigenvalue weighted by Gasteiger charge is -2.14. The Labute approximate surface area is 104 Å². The monoisotopic (exact) mass is 249 g/mol. The summed E-state index contributed by atoms with van der Waals surface area (Å²) in [6.07, 6.45) is -1.05. The van der Waals surface area contributed by atoms with Gasteiger partial charge in [0, 0.05) is 7.11 Å². The van der Waals surface area contributed by atoms with Gasteiger partial charge in [-0.2, -0.15) is 0 Å². The van der Waals surface area contributed by atoms with Crippen LogP contribution in [0.3, 0.4) is 0 Å². The molecule has 18 heavy (non-hydrogen) atoms. The predicted octanol–water partition coefficient (Wildman–Crippen LogP) is 2.00. The van der Waals surface area contributed by atoms with Crippen molar-refractivity contribution >= 4 is 23.1 Å². The Hall–Kier alpha value is -2.08. The summed E-state index contributed by atoms with van der Waals surface area (Å²) in [5.41, 5.74) is 2.62. The van der Waals surface area contributed by atoms with Gasteiger partial charge in [0.25, 0.3) is 0 Å². The fourth-order valence-corrected chi connectivity index (χ4v) is 1.77. The van der Waals surface area contributed by atoms with Crippen molar-refractivity contribution in [2.45, 2.75) is 6.92 Å². The Morgan fingerprint density at radius 2 is 2.33 bits per heavy atom. The van der Waals surface area contributed by atoms with Gasteiger partial charge in [-0.25, -0.2) is 14.7 Å². The summed E-state index contributed by atoms with van der Waals surface area (Å²) in [5.74, 6) is 0.323. The van der Waals surface area contributed by atoms with E-state index in [4.69, 9.17) is 9.84 Å². The summed E-state index contributed by atoms with van der Waals surface area (Å²) in [6.45, 7) is 2.50. The van der Waals surface area contributed by atoms with Gasteiger partial charge in [0.2, 0.25) is 5.95 Å². The van der Waals surface area contributed by atoms with Crippen LogP contribution in [0.15, 0.2) is 18.2 Å². The molecule has 1 heterocycles. The second-order valence-corrected chi connectivity index (χ2v) is 3.96. The number of methoxy groups -OCH3 is 1. The highest BCUT2D eigenvalue weighted by Gasteiger charge is 2.18. The molecule has 0 spiro atoms. The molecule has 2 N–H and O–H groups in total. The Bertz CT molecular complexity index is 565. The number of para-hydroxylation sites is 1. The molecule has 6 heteroatoms. The van der Waals surface area contributed by atoms with E-state index in [9.17, 15) is 4.79 Å². The van der Waals surface area contributed by atoms with Crippen LogP contribution in [0, 0.1) is 6.92 Å². The minimum atomic E-state index is -1.05. The van der Waals surface area contributed by atoms with E-state index in [-0.39, 0.29) is 6.54 Å². The highest BCUT2D eigenvalue weighted by molar-refractivity contribution is 5.88. The minimum absolute atomic E-state index is 0.241. The number of carbonyl (C=O) groups is 1. The fourth-order valence-electron chi connectivity index (χ4n) is 1.77. The maximum absolute atomic E-state index is 11.2. The molecule has 0 aliphatic rings. The molecule has 2 rings (SSSR count). The lowest BCUT2D eigenvalue weighted by atomic mass is 10.2. The van der Waals surface area contributed by atoms with E-state index >= 15 is 0 Å². The minimum Gasteiger partial charge on any atom is -0.465 e. The molecular formula is C12H15N3O3. The smallest absolute Gasteiger partial charge is 0.414 e. The average molecular weight is 249 g/mol. The zero-order chi connectivity index (χ0) is 13.1. The molecule has 0 bridgehead atoms. The summed E-state index contributed by atoms with van der Waals surface area (Å²) in [4.78, 5) is 19.6. The number of ether oxygens (including phenoxy) is 1. The molecule has 0 radical (unpaired) electrons. The fraction of sp³-hybridized carbons (Fsp3) is 0.333. The first-order chi connectivity index (χ1) is 8.63. The van der Waals surface area contributed by atoms with Gasteiger partial charge >= 0.3 is 6.09 Å². The maximum Gasteiger partial charge on any atom is 0.414 e. The zero-order valence-corrected chi connectivity index (χ0v) is 10.3. The number of fused-ring (bicyclic) bond motifs is 1. The Morgan fingerprint density at radius 3 is 2.94 bits per heavy atom. The van der Waals surface area contributed by atoms with E-state index in [1.807, 2.05) is 25.1 Å². The van der Waals surface area contributed by atoms with Crippen LogP contribution in [0.5, 0.6) is 0 Å². The van der Waals surface area contributed by atoms with E-state index in [1.54, 1.807) is 0 Å². The number of hydrogen-bond donors (Lipinski definition) is 2. The van der Waals surface area contributed by atoms with E-state index in [0.717, 1.165) is 21.5 Å². The number of aromatic nitrogens is 2. The Balaban J connectivity index is 2.38. The Morgan fingerprint density at radius 1 is 1.56 bits per heavy atom. The molecular weight excluding hydrogens is 234 g/mol. The zero-order valence-electron chi connectivity index (χ0n) is 10.3. The van der Waals surface area contributed by atoms with Gasteiger partial charge in [-0.3, -0.25) is 0 Å². The van der Waals surface area contributed by atoms with Gasteiger partial charge in [0.1, 0.15) is 0 Å². The van der Waals surface area contributed by atoms with Gasteiger partial charge in [-0.05, 0) is 18.6 Å². The van der Waals surface area contributed by atoms with Crippen molar-refractivity contribution in [1.82, 2.24) is 9.97 Å². The van der Waals surface area contributed by atoms with Crippen molar-refractivity contribution in [2.24, 2.45) is 0 Å². The van der Waals surface area contributed by atoms with Crippen LogP contribution in [0.4, 0.5) is 10.7 Å². The highest BCUT2D eigenvalue weighted by atomic mass is 16.5. The number of aromatic amines is 1. The number of carboxylic acid groups (broad SMARTS) is 1. The second-order valence-electron chi connectivity index (χ2n) is 3.96. The van der Waals surface area contributed by atoms with Crippen molar-refractivity contribution in [3.05, 3.63) is 23.8 Å². The molecule has 2 aromatic rings. The maximum atomic E-state index is 11.2. The normalized spacial score (nSPS) is 10.8. The van der Waals surface area contributed by atoms with Crippen LogP contribution in [0.2, 0.25) is 0 Å². The highest BCUT2D eigenvalue weighted by Crippen LogP contribution is 2.20. The Kier molecular flexibility index (Phi) is 3.47. The van der Waals surface area contributed by atoms with Crippen LogP contribution < -0.4 is 4.90 Å². The van der Waals surface area contributed by atoms with E-state index in [2.05, 4.69) is 9.97 Å². The lowest BCUT2D eigenvalue weighted by molar-refractivity contribution is 0.186. The quantitative estimate of drug-likeness (QED) is 0.868. The predicted molar refractivity (Wildman–Crippen MR) is 68.1 cm³/mol. The van der Waals surface area contributed by atoms with Crippen LogP contribution in [-0.4, -0.2) is 41.4 Å². The first-order valence-corrected chi connectivity index (χ1v) is 5.58. The SMILES string of the molecule is COCCN(C(=O)O)c1nc2c(C)cccc2[nH]1. The van der Waals surface area contributed by atoms with Gasteiger partial charge in [0.15, 0.2) is 0 Å². The molecule has 1 aromatic heterocycles. The molecule has 0 saturated carbocycles. The van der Waals surface area contributed by atoms with Crippen molar-refractivity contribution in [1.29, 1.82) is 0 Å². The number of hydrogen-bond acceptors (Lipinski definition) is 3. The molecule has 0 atom stereocenters. The number of nitrogens with one attached hydrogen (secondary N) is 1. The third-order valence-electron chi connectivity index (χ3n) is 2.71. The largest absolute Gasteiger partial charge is 0.465 e. The third kappa shape index (κ3) is 2.28. The number of rotatable bonds is 4. The number of aryl methyl sites for hydroxylation is 1. The standard InChI is InChI=1S/C12H15N3O3/c1-8-4-3-5-9-10(8)14-11(13-9)15(12(16)17)6-7-18-2/h3-5H,6-7H2,1-2H3,(H,13,14)(H,16,17). The lowest BCUT2D eigenvalue weighted by Crippen LogP contribution is -2.33. The van der Waals surface area contributed by atoms with Crippen molar-refractivity contribution < 1.29 is 14.6 Å². The number of imidazole rings is 1. The molecule has 1 aromatic carbocycles. The van der Waals surface area contributed by atoms with E-state index in [0.29, 0.717) is 12.6 Å². The molecule has 0 unspecified atom stereocenters. The van der Waals surface area contributed by atoms with Crippen molar-refractivity contribution in [3.63, 3.8) is 0 Å². The van der Waals surface area contributed by atoms with Crippen molar-refractivity contribution in [3.8, 4) is 0 Å². The van der Waals surface area contributed by atoms with Gasteiger partial charge in [-0.15, -0.1) is 0 Å². The number of nitrogens with zero attached hydrogens (tertiary/aromatic N) is 2. The van der Waals surface area contributed by atoms with E-state index < -0.39 is 6.09 Å². The molecule has 0 saturated heterocycles. The van der Waals surface area contributed by atoms with Gasteiger partial charge < -0.3 is 14.8 Å². The van der Waals surface area contributed by atoms with Crippen molar-refractivity contribution in [2.75, 3.05) is 25.2 Å². The number of H-pyrrole nitrogens is 1. The van der Waals surface area contributed by atoms with Crippen LogP contribution in [0.25, 0.3) is 11.0 Å². The van der Waals surface area contributed by atoms with Gasteiger partial charge in [0.05, 0.1) is 24.2 Å². The molecule has 1 amide bonds. The van der Waals surface area contributed by atoms with Crippen LogP contribution in [-0.2, 0) is 4.74 Å². The van der Waals surface area contributed by atoms with Crippen LogP contribution in [0.1, 0.15) is 5.56 Å². The average Bonchev–Trinajstić information content (AvgIpc) is 2.74. The first-order valence-electron chi connectivity index (χ1n) is 5.58.